The van der Waals surface area contributed by atoms with Gasteiger partial charge in [-0.1, -0.05) is 36.0 Å². The summed E-state index contributed by atoms with van der Waals surface area (Å²) in [6, 6.07) is 4.63. The molecule has 2 aromatic rings. The topological polar surface area (TPSA) is 141 Å². The van der Waals surface area contributed by atoms with Crippen molar-refractivity contribution in [1.29, 1.82) is 0 Å². The molecular formula is C17H17ClFN2O9PS. The number of aliphatic hydroxyl groups is 2. The molecule has 0 radical (unpaired) electrons. The zero-order valence-corrected chi connectivity index (χ0v) is 18.5. The number of rotatable bonds is 5. The van der Waals surface area contributed by atoms with Crippen molar-refractivity contribution in [3.8, 4) is 11.5 Å². The zero-order chi connectivity index (χ0) is 25.1. The number of nitrogens with zero attached hydrogens (tertiary/aromatic N) is 1. The summed E-state index contributed by atoms with van der Waals surface area (Å²) in [6.45, 7) is -4.09. The van der Waals surface area contributed by atoms with E-state index < -0.39 is 44.4 Å². The number of methoxy groups -OCH3 is 1. The van der Waals surface area contributed by atoms with Crippen LogP contribution in [0.5, 0.6) is 11.5 Å². The fourth-order valence-electron chi connectivity index (χ4n) is 3.04. The third-order valence-corrected chi connectivity index (χ3v) is 6.53. The Morgan fingerprint density at radius 2 is 2.28 bits per heavy atom. The van der Waals surface area contributed by atoms with Gasteiger partial charge in [-0.3, -0.25) is 18.6 Å². The lowest BCUT2D eigenvalue weighted by molar-refractivity contribution is -0.205. The van der Waals surface area contributed by atoms with Crippen molar-refractivity contribution in [3.05, 3.63) is 50.1 Å². The van der Waals surface area contributed by atoms with Gasteiger partial charge in [0, 0.05) is 11.8 Å². The highest BCUT2D eigenvalue weighted by molar-refractivity contribution is 7.71. The van der Waals surface area contributed by atoms with E-state index in [-0.39, 0.29) is 27.8 Å². The van der Waals surface area contributed by atoms with Crippen molar-refractivity contribution in [2.75, 3.05) is 13.7 Å². The van der Waals surface area contributed by atoms with Crippen LogP contribution in [0.1, 0.15) is 14.5 Å². The normalized spacial score (nSPS) is 33.1. The molecule has 1 unspecified atom stereocenters. The second-order valence-corrected chi connectivity index (χ2v) is 9.02. The molecule has 0 bridgehead atoms. The third-order valence-electron chi connectivity index (χ3n) is 4.65. The van der Waals surface area contributed by atoms with Crippen molar-refractivity contribution in [2.45, 2.75) is 30.9 Å². The van der Waals surface area contributed by atoms with E-state index in [1.54, 1.807) is 12.1 Å². The van der Waals surface area contributed by atoms with E-state index in [4.69, 9.17) is 49.6 Å². The number of phosphoric acid groups is 1. The first-order valence-electron chi connectivity index (χ1n) is 9.86. The quantitative estimate of drug-likeness (QED) is 0.403. The minimum atomic E-state index is -4.84. The maximum atomic E-state index is 15.8. The van der Waals surface area contributed by atoms with E-state index in [1.165, 1.54) is 13.2 Å². The number of phosphoric ester groups is 1. The Morgan fingerprint density at radius 3 is 3.00 bits per heavy atom. The SMILES string of the molecule is [2H]C([2H])(OP1(=O)OCc2cccc(OC)c2O1)[C@@]1(F)O[C@@H](n2cc(Cl)c(=S)[nH]c2=O)[C@H](O)[C@@H]1O. The number of aliphatic hydroxyl groups excluding tert-OH is 2. The van der Waals surface area contributed by atoms with Crippen LogP contribution in [0.3, 0.4) is 0 Å². The van der Waals surface area contributed by atoms with Crippen LogP contribution in [-0.4, -0.2) is 51.5 Å². The van der Waals surface area contributed by atoms with Gasteiger partial charge in [0.25, 0.3) is 5.85 Å². The number of aromatic nitrogens is 2. The summed E-state index contributed by atoms with van der Waals surface area (Å²) in [5.74, 6) is -3.79. The second-order valence-electron chi connectivity index (χ2n) is 6.69. The number of halogens is 2. The largest absolute Gasteiger partial charge is 0.530 e. The molecule has 0 aliphatic carbocycles. The summed E-state index contributed by atoms with van der Waals surface area (Å²) < 4.78 is 70.3. The lowest BCUT2D eigenvalue weighted by Crippen LogP contribution is -2.43. The third kappa shape index (κ3) is 4.11. The standard InChI is InChI=1S/C17H17ClFN2O9PS/c1-26-10-4-2-3-8-6-27-31(25,30-12(8)10)28-7-17(19)13(23)11(22)15(29-17)21-5-9(18)14(32)20-16(21)24/h2-5,11,13,15,22-23H,6-7H2,1H3,(H,20,24,32)/t11-,13+,15-,17-,31?/m1/s1/i7D2. The lowest BCUT2D eigenvalue weighted by Gasteiger charge is -2.28. The summed E-state index contributed by atoms with van der Waals surface area (Å²) in [5.41, 5.74) is -0.595. The number of H-pyrrole nitrogens is 1. The Morgan fingerprint density at radius 1 is 1.53 bits per heavy atom. The Kier molecular flexibility index (Phi) is 5.52. The van der Waals surface area contributed by atoms with Gasteiger partial charge in [-0.25, -0.2) is 13.8 Å². The van der Waals surface area contributed by atoms with E-state index in [1.807, 2.05) is 0 Å². The van der Waals surface area contributed by atoms with E-state index in [0.29, 0.717) is 10.1 Å². The molecule has 3 heterocycles. The zero-order valence-electron chi connectivity index (χ0n) is 18.1. The predicted molar refractivity (Wildman–Crippen MR) is 109 cm³/mol. The van der Waals surface area contributed by atoms with Crippen LogP contribution >= 0.6 is 31.6 Å². The van der Waals surface area contributed by atoms with Crippen LogP contribution in [0.2, 0.25) is 5.02 Å². The van der Waals surface area contributed by atoms with Gasteiger partial charge in [0.2, 0.25) is 0 Å². The van der Waals surface area contributed by atoms with Gasteiger partial charge >= 0.3 is 13.5 Å². The minimum Gasteiger partial charge on any atom is -0.493 e. The fraction of sp³-hybridized carbons (Fsp3) is 0.412. The maximum absolute atomic E-state index is 15.8. The molecule has 2 aliphatic rings. The summed E-state index contributed by atoms with van der Waals surface area (Å²) in [4.78, 5) is 14.4. The monoisotopic (exact) mass is 512 g/mol. The number of fused-ring (bicyclic) bond motifs is 1. The summed E-state index contributed by atoms with van der Waals surface area (Å²) in [7, 11) is -3.53. The molecule has 0 amide bonds. The number of hydrogen-bond acceptors (Lipinski definition) is 10. The Hall–Kier alpha value is -1.83. The molecule has 1 fully saturated rings. The summed E-state index contributed by atoms with van der Waals surface area (Å²) in [5, 5.41) is 20.5. The molecule has 11 nitrogen and oxygen atoms in total. The molecule has 2 aliphatic heterocycles. The fourth-order valence-corrected chi connectivity index (χ4v) is 4.43. The van der Waals surface area contributed by atoms with Gasteiger partial charge in [0.15, 0.2) is 17.7 Å². The number of benzene rings is 1. The summed E-state index contributed by atoms with van der Waals surface area (Å²) >= 11 is 10.7. The molecule has 5 atom stereocenters. The lowest BCUT2D eigenvalue weighted by atomic mass is 10.1. The Balaban J connectivity index is 1.64. The van der Waals surface area contributed by atoms with Crippen LogP contribution in [0.4, 0.5) is 4.39 Å². The van der Waals surface area contributed by atoms with Crippen LogP contribution in [0.25, 0.3) is 0 Å². The molecule has 0 saturated carbocycles. The van der Waals surface area contributed by atoms with E-state index in [0.717, 1.165) is 6.20 Å². The molecule has 4 rings (SSSR count). The van der Waals surface area contributed by atoms with Crippen molar-refractivity contribution in [1.82, 2.24) is 9.55 Å². The number of aromatic amines is 1. The van der Waals surface area contributed by atoms with Crippen molar-refractivity contribution >= 4 is 31.6 Å². The minimum absolute atomic E-state index is 0.0742. The van der Waals surface area contributed by atoms with Gasteiger partial charge in [-0.15, -0.1) is 0 Å². The maximum Gasteiger partial charge on any atom is 0.530 e. The van der Waals surface area contributed by atoms with Crippen LogP contribution in [-0.2, 0) is 25.0 Å². The molecule has 1 aromatic heterocycles. The molecule has 1 saturated heterocycles. The highest BCUT2D eigenvalue weighted by Gasteiger charge is 2.57. The Bertz CT molecular complexity index is 1280. The number of nitrogens with one attached hydrogen (secondary N) is 1. The number of alkyl halides is 1. The van der Waals surface area contributed by atoms with Gasteiger partial charge < -0.3 is 24.2 Å². The van der Waals surface area contributed by atoms with Gasteiger partial charge in [0.05, 0.1) is 21.5 Å². The molecule has 32 heavy (non-hydrogen) atoms. The molecule has 3 N–H and O–H groups in total. The van der Waals surface area contributed by atoms with Crippen molar-refractivity contribution < 1.29 is 45.0 Å². The Labute approximate surface area is 192 Å². The first-order valence-corrected chi connectivity index (χ1v) is 11.1. The molecule has 174 valence electrons. The van der Waals surface area contributed by atoms with Crippen LogP contribution in [0.15, 0.2) is 29.2 Å². The predicted octanol–water partition coefficient (Wildman–Crippen LogP) is 2.22. The van der Waals surface area contributed by atoms with E-state index in [9.17, 15) is 19.6 Å². The molecular weight excluding hydrogens is 494 g/mol. The second kappa shape index (κ2) is 8.50. The number of hydrogen-bond donors (Lipinski definition) is 3. The number of ether oxygens (including phenoxy) is 2. The first-order chi connectivity index (χ1) is 15.8. The molecule has 1 aromatic carbocycles. The average molecular weight is 513 g/mol. The van der Waals surface area contributed by atoms with Crippen molar-refractivity contribution in [2.24, 2.45) is 0 Å². The average Bonchev–Trinajstić information content (AvgIpc) is 3.00. The van der Waals surface area contributed by atoms with Crippen LogP contribution < -0.4 is 15.0 Å². The van der Waals surface area contributed by atoms with E-state index >= 15 is 4.39 Å². The number of para-hydroxylation sites is 1. The van der Waals surface area contributed by atoms with Crippen LogP contribution in [0, 0.1) is 4.64 Å². The van der Waals surface area contributed by atoms with E-state index in [2.05, 4.69) is 4.98 Å². The first kappa shape index (κ1) is 20.8. The smallest absolute Gasteiger partial charge is 0.493 e. The van der Waals surface area contributed by atoms with Gasteiger partial charge in [0.1, 0.15) is 23.4 Å². The highest BCUT2D eigenvalue weighted by Crippen LogP contribution is 2.57. The molecule has 0 spiro atoms. The van der Waals surface area contributed by atoms with Gasteiger partial charge in [-0.05, 0) is 6.07 Å². The highest BCUT2D eigenvalue weighted by atomic mass is 35.5. The molecule has 15 heteroatoms. The van der Waals surface area contributed by atoms with Crippen molar-refractivity contribution in [3.63, 3.8) is 0 Å². The summed E-state index contributed by atoms with van der Waals surface area (Å²) in [6.07, 6.45) is -5.86. The van der Waals surface area contributed by atoms with Gasteiger partial charge in [-0.2, -0.15) is 0 Å².